The van der Waals surface area contributed by atoms with E-state index in [1.807, 2.05) is 18.2 Å². The molecule has 1 aromatic carbocycles. The van der Waals surface area contributed by atoms with E-state index >= 15 is 0 Å². The van der Waals surface area contributed by atoms with Crippen LogP contribution in [0.15, 0.2) is 23.4 Å². The molecule has 0 atom stereocenters. The number of hydrogen-bond acceptors (Lipinski definition) is 4. The van der Waals surface area contributed by atoms with Gasteiger partial charge in [0, 0.05) is 6.54 Å². The van der Waals surface area contributed by atoms with Gasteiger partial charge in [-0.05, 0) is 37.2 Å². The molecule has 0 amide bonds. The first kappa shape index (κ1) is 15.3. The Bertz CT molecular complexity index is 433. The Morgan fingerprint density at radius 1 is 1.42 bits per heavy atom. The SMILES string of the molecule is CCCN(CC)Cc1ccc(/C(N)=N/O)c(OC)c1. The van der Waals surface area contributed by atoms with E-state index in [2.05, 4.69) is 23.9 Å². The largest absolute Gasteiger partial charge is 0.496 e. The number of benzene rings is 1. The van der Waals surface area contributed by atoms with Crippen molar-refractivity contribution in [2.75, 3.05) is 20.2 Å². The predicted octanol–water partition coefficient (Wildman–Crippen LogP) is 2.02. The Hall–Kier alpha value is -1.75. The Balaban J connectivity index is 2.93. The lowest BCUT2D eigenvalue weighted by molar-refractivity contribution is 0.280. The van der Waals surface area contributed by atoms with Crippen molar-refractivity contribution in [1.82, 2.24) is 4.90 Å². The van der Waals surface area contributed by atoms with Crippen LogP contribution in [0.5, 0.6) is 5.75 Å². The minimum Gasteiger partial charge on any atom is -0.496 e. The maximum absolute atomic E-state index is 8.73. The lowest BCUT2D eigenvalue weighted by atomic mass is 10.1. The normalized spacial score (nSPS) is 11.9. The molecule has 106 valence electrons. The van der Waals surface area contributed by atoms with Gasteiger partial charge < -0.3 is 15.7 Å². The number of rotatable bonds is 7. The van der Waals surface area contributed by atoms with Gasteiger partial charge in [-0.1, -0.05) is 25.1 Å². The zero-order chi connectivity index (χ0) is 14.3. The fourth-order valence-electron chi connectivity index (χ4n) is 2.02. The van der Waals surface area contributed by atoms with Crippen molar-refractivity contribution in [3.8, 4) is 5.75 Å². The fraction of sp³-hybridized carbons (Fsp3) is 0.500. The molecule has 19 heavy (non-hydrogen) atoms. The van der Waals surface area contributed by atoms with Crippen LogP contribution in [-0.2, 0) is 6.54 Å². The van der Waals surface area contributed by atoms with E-state index in [4.69, 9.17) is 15.7 Å². The molecular formula is C14H23N3O2. The van der Waals surface area contributed by atoms with Crippen molar-refractivity contribution in [3.05, 3.63) is 29.3 Å². The molecule has 0 saturated carbocycles. The molecule has 0 radical (unpaired) electrons. The topological polar surface area (TPSA) is 71.1 Å². The molecule has 0 aliphatic rings. The highest BCUT2D eigenvalue weighted by atomic mass is 16.5. The smallest absolute Gasteiger partial charge is 0.173 e. The summed E-state index contributed by atoms with van der Waals surface area (Å²) in [5, 5.41) is 11.7. The second-order valence-corrected chi connectivity index (χ2v) is 4.39. The Kier molecular flexibility index (Phi) is 6.15. The van der Waals surface area contributed by atoms with Crippen molar-refractivity contribution in [2.45, 2.75) is 26.8 Å². The molecule has 0 aliphatic heterocycles. The van der Waals surface area contributed by atoms with E-state index in [1.165, 1.54) is 0 Å². The summed E-state index contributed by atoms with van der Waals surface area (Å²) in [6.45, 7) is 7.28. The molecule has 0 unspecified atom stereocenters. The van der Waals surface area contributed by atoms with Crippen LogP contribution in [0.25, 0.3) is 0 Å². The van der Waals surface area contributed by atoms with Gasteiger partial charge >= 0.3 is 0 Å². The van der Waals surface area contributed by atoms with Crippen LogP contribution in [0.1, 0.15) is 31.4 Å². The molecule has 1 aromatic rings. The van der Waals surface area contributed by atoms with Gasteiger partial charge in [0.15, 0.2) is 5.84 Å². The second kappa shape index (κ2) is 7.63. The summed E-state index contributed by atoms with van der Waals surface area (Å²) in [4.78, 5) is 2.36. The molecule has 0 aliphatic carbocycles. The first-order chi connectivity index (χ1) is 9.15. The highest BCUT2D eigenvalue weighted by Crippen LogP contribution is 2.21. The molecule has 0 aromatic heterocycles. The molecule has 5 nitrogen and oxygen atoms in total. The van der Waals surface area contributed by atoms with Crippen molar-refractivity contribution < 1.29 is 9.94 Å². The van der Waals surface area contributed by atoms with E-state index in [9.17, 15) is 0 Å². The van der Waals surface area contributed by atoms with Gasteiger partial charge in [0.05, 0.1) is 12.7 Å². The van der Waals surface area contributed by atoms with Crippen molar-refractivity contribution >= 4 is 5.84 Å². The average molecular weight is 265 g/mol. The highest BCUT2D eigenvalue weighted by molar-refractivity contribution is 5.99. The van der Waals surface area contributed by atoms with Gasteiger partial charge in [0.1, 0.15) is 5.75 Å². The summed E-state index contributed by atoms with van der Waals surface area (Å²) in [7, 11) is 1.58. The minimum absolute atomic E-state index is 0.0595. The van der Waals surface area contributed by atoms with Crippen molar-refractivity contribution in [1.29, 1.82) is 0 Å². The minimum atomic E-state index is 0.0595. The maximum Gasteiger partial charge on any atom is 0.173 e. The number of amidine groups is 1. The number of methoxy groups -OCH3 is 1. The van der Waals surface area contributed by atoms with Crippen LogP contribution in [0, 0.1) is 0 Å². The number of oxime groups is 1. The summed E-state index contributed by atoms with van der Waals surface area (Å²) in [6, 6.07) is 5.74. The lowest BCUT2D eigenvalue weighted by Crippen LogP contribution is -2.23. The first-order valence-electron chi connectivity index (χ1n) is 6.53. The zero-order valence-electron chi connectivity index (χ0n) is 11.9. The van der Waals surface area contributed by atoms with E-state index in [1.54, 1.807) is 7.11 Å². The van der Waals surface area contributed by atoms with Crippen LogP contribution >= 0.6 is 0 Å². The monoisotopic (exact) mass is 265 g/mol. The van der Waals surface area contributed by atoms with Gasteiger partial charge in [0.25, 0.3) is 0 Å². The summed E-state index contributed by atoms with van der Waals surface area (Å²) >= 11 is 0. The Labute approximate surface area is 114 Å². The maximum atomic E-state index is 8.73. The highest BCUT2D eigenvalue weighted by Gasteiger charge is 2.10. The molecule has 5 heteroatoms. The number of ether oxygens (including phenoxy) is 1. The van der Waals surface area contributed by atoms with Crippen LogP contribution in [0.2, 0.25) is 0 Å². The Morgan fingerprint density at radius 2 is 2.16 bits per heavy atom. The van der Waals surface area contributed by atoms with Gasteiger partial charge in [-0.25, -0.2) is 0 Å². The Morgan fingerprint density at radius 3 is 2.68 bits per heavy atom. The second-order valence-electron chi connectivity index (χ2n) is 4.39. The summed E-state index contributed by atoms with van der Waals surface area (Å²) < 4.78 is 5.29. The standard InChI is InChI=1S/C14H23N3O2/c1-4-8-17(5-2)10-11-6-7-12(14(15)16-18)13(9-11)19-3/h6-7,9,18H,4-5,8,10H2,1-3H3,(H2,15,16). The fourth-order valence-corrected chi connectivity index (χ4v) is 2.02. The summed E-state index contributed by atoms with van der Waals surface area (Å²) in [5.41, 5.74) is 7.36. The number of hydrogen-bond donors (Lipinski definition) is 2. The quantitative estimate of drug-likeness (QED) is 0.342. The molecule has 1 rings (SSSR count). The van der Waals surface area contributed by atoms with Crippen molar-refractivity contribution in [2.24, 2.45) is 10.9 Å². The van der Waals surface area contributed by atoms with Crippen LogP contribution in [0.3, 0.4) is 0 Å². The van der Waals surface area contributed by atoms with E-state index in [0.717, 1.165) is 31.6 Å². The van der Waals surface area contributed by atoms with E-state index in [-0.39, 0.29) is 5.84 Å². The van der Waals surface area contributed by atoms with E-state index in [0.29, 0.717) is 11.3 Å². The number of nitrogens with two attached hydrogens (primary N) is 1. The summed E-state index contributed by atoms with van der Waals surface area (Å²) in [5.74, 6) is 0.685. The lowest BCUT2D eigenvalue weighted by Gasteiger charge is -2.20. The third-order valence-corrected chi connectivity index (χ3v) is 3.04. The third-order valence-electron chi connectivity index (χ3n) is 3.04. The molecule has 0 spiro atoms. The molecule has 0 saturated heterocycles. The molecule has 3 N–H and O–H groups in total. The van der Waals surface area contributed by atoms with Gasteiger partial charge in [0.2, 0.25) is 0 Å². The van der Waals surface area contributed by atoms with Crippen LogP contribution in [0.4, 0.5) is 0 Å². The van der Waals surface area contributed by atoms with Crippen LogP contribution < -0.4 is 10.5 Å². The van der Waals surface area contributed by atoms with E-state index < -0.39 is 0 Å². The zero-order valence-corrected chi connectivity index (χ0v) is 11.9. The first-order valence-corrected chi connectivity index (χ1v) is 6.53. The summed E-state index contributed by atoms with van der Waals surface area (Å²) in [6.07, 6.45) is 1.13. The van der Waals surface area contributed by atoms with Gasteiger partial charge in [-0.3, -0.25) is 4.90 Å². The van der Waals surface area contributed by atoms with Gasteiger partial charge in [-0.15, -0.1) is 0 Å². The third kappa shape index (κ3) is 4.13. The molecule has 0 bridgehead atoms. The van der Waals surface area contributed by atoms with Crippen molar-refractivity contribution in [3.63, 3.8) is 0 Å². The average Bonchev–Trinajstić information content (AvgIpc) is 2.45. The molecular weight excluding hydrogens is 242 g/mol. The number of nitrogens with zero attached hydrogens (tertiary/aromatic N) is 2. The van der Waals surface area contributed by atoms with Gasteiger partial charge in [-0.2, -0.15) is 0 Å². The predicted molar refractivity (Wildman–Crippen MR) is 76.7 cm³/mol. The molecule has 0 fully saturated rings. The van der Waals surface area contributed by atoms with Crippen LogP contribution in [-0.4, -0.2) is 36.1 Å². The molecule has 0 heterocycles.